The predicted molar refractivity (Wildman–Crippen MR) is 112 cm³/mol. The number of anilines is 3. The van der Waals surface area contributed by atoms with E-state index in [0.29, 0.717) is 24.3 Å². The fourth-order valence-electron chi connectivity index (χ4n) is 3.89. The van der Waals surface area contributed by atoms with E-state index >= 15 is 0 Å². The summed E-state index contributed by atoms with van der Waals surface area (Å²) in [6, 6.07) is 17.8. The maximum absolute atomic E-state index is 12.5. The van der Waals surface area contributed by atoms with Crippen LogP contribution >= 0.6 is 0 Å². The molecule has 2 aliphatic rings. The molecule has 0 saturated carbocycles. The number of nitrogens with zero attached hydrogens (tertiary/aromatic N) is 4. The number of carbonyl (C=O) groups is 1. The van der Waals surface area contributed by atoms with Crippen LogP contribution in [0.4, 0.5) is 21.9 Å². The third kappa shape index (κ3) is 4.04. The number of hydrogen-bond acceptors (Lipinski definition) is 4. The van der Waals surface area contributed by atoms with Crippen molar-refractivity contribution >= 4 is 23.1 Å². The number of urea groups is 1. The number of amides is 2. The molecule has 0 aromatic heterocycles. The lowest BCUT2D eigenvalue weighted by Crippen LogP contribution is -2.50. The lowest BCUT2D eigenvalue weighted by atomic mass is 10.2. The maximum Gasteiger partial charge on any atom is 0.321 e. The van der Waals surface area contributed by atoms with Crippen LogP contribution in [0.25, 0.3) is 0 Å². The van der Waals surface area contributed by atoms with Crippen molar-refractivity contribution in [2.24, 2.45) is 0 Å². The van der Waals surface area contributed by atoms with Gasteiger partial charge < -0.3 is 20.0 Å². The van der Waals surface area contributed by atoms with E-state index in [9.17, 15) is 4.79 Å². The fraction of sp³-hybridized carbons (Fsp3) is 0.364. The highest BCUT2D eigenvalue weighted by Crippen LogP contribution is 2.24. The highest BCUT2D eigenvalue weighted by atomic mass is 16.2. The highest BCUT2D eigenvalue weighted by molar-refractivity contribution is 5.89. The van der Waals surface area contributed by atoms with Crippen LogP contribution < -0.4 is 15.1 Å². The molecule has 6 nitrogen and oxygen atoms in total. The van der Waals surface area contributed by atoms with E-state index in [1.54, 1.807) is 24.3 Å². The van der Waals surface area contributed by atoms with Crippen molar-refractivity contribution in [1.82, 2.24) is 4.90 Å². The molecular formula is C22H25N5O. The van der Waals surface area contributed by atoms with Crippen LogP contribution in [0.15, 0.2) is 48.5 Å². The Morgan fingerprint density at radius 2 is 1.46 bits per heavy atom. The SMILES string of the molecule is N#Cc1cccc(NC(=O)N2CCN(c3ccc(N4CCCC4)cc3)CC2)c1. The zero-order valence-electron chi connectivity index (χ0n) is 16.0. The Balaban J connectivity index is 1.31. The molecule has 6 heteroatoms. The number of hydrogen-bond donors (Lipinski definition) is 1. The molecule has 2 heterocycles. The summed E-state index contributed by atoms with van der Waals surface area (Å²) in [6.45, 7) is 5.30. The molecule has 0 bridgehead atoms. The van der Waals surface area contributed by atoms with Gasteiger partial charge in [-0.2, -0.15) is 5.26 Å². The second-order valence-corrected chi connectivity index (χ2v) is 7.31. The molecule has 2 aromatic carbocycles. The number of rotatable bonds is 3. The second kappa shape index (κ2) is 8.22. The summed E-state index contributed by atoms with van der Waals surface area (Å²) in [6.07, 6.45) is 2.57. The number of piperazine rings is 1. The Bertz CT molecular complexity index is 859. The molecule has 2 aliphatic heterocycles. The molecule has 2 amide bonds. The van der Waals surface area contributed by atoms with E-state index in [-0.39, 0.29) is 6.03 Å². The average molecular weight is 375 g/mol. The highest BCUT2D eigenvalue weighted by Gasteiger charge is 2.22. The molecule has 4 rings (SSSR count). The number of carbonyl (C=O) groups excluding carboxylic acids is 1. The second-order valence-electron chi connectivity index (χ2n) is 7.31. The zero-order chi connectivity index (χ0) is 19.3. The van der Waals surface area contributed by atoms with Gasteiger partial charge in [0.05, 0.1) is 11.6 Å². The topological polar surface area (TPSA) is 62.6 Å². The van der Waals surface area contributed by atoms with Crippen LogP contribution in [0.2, 0.25) is 0 Å². The monoisotopic (exact) mass is 375 g/mol. The minimum atomic E-state index is -0.112. The summed E-state index contributed by atoms with van der Waals surface area (Å²) in [4.78, 5) is 19.1. The first-order valence-corrected chi connectivity index (χ1v) is 9.89. The summed E-state index contributed by atoms with van der Waals surface area (Å²) in [7, 11) is 0. The van der Waals surface area contributed by atoms with E-state index in [4.69, 9.17) is 5.26 Å². The lowest BCUT2D eigenvalue weighted by molar-refractivity contribution is 0.208. The molecule has 2 aromatic rings. The van der Waals surface area contributed by atoms with Gasteiger partial charge in [0, 0.05) is 56.3 Å². The van der Waals surface area contributed by atoms with Crippen molar-refractivity contribution in [3.05, 3.63) is 54.1 Å². The van der Waals surface area contributed by atoms with Gasteiger partial charge in [-0.25, -0.2) is 4.79 Å². The van der Waals surface area contributed by atoms with Crippen LogP contribution in [0.5, 0.6) is 0 Å². The number of nitriles is 1. The van der Waals surface area contributed by atoms with Crippen molar-refractivity contribution in [2.75, 3.05) is 54.4 Å². The third-order valence-corrected chi connectivity index (χ3v) is 5.50. The molecule has 28 heavy (non-hydrogen) atoms. The Morgan fingerprint density at radius 3 is 2.07 bits per heavy atom. The molecule has 0 radical (unpaired) electrons. The average Bonchev–Trinajstić information content (AvgIpc) is 3.29. The first-order valence-electron chi connectivity index (χ1n) is 9.89. The Kier molecular flexibility index (Phi) is 5.34. The number of nitrogens with one attached hydrogen (secondary N) is 1. The summed E-state index contributed by atoms with van der Waals surface area (Å²) < 4.78 is 0. The zero-order valence-corrected chi connectivity index (χ0v) is 16.0. The van der Waals surface area contributed by atoms with Crippen LogP contribution in [0.3, 0.4) is 0 Å². The van der Waals surface area contributed by atoms with Crippen LogP contribution in [0, 0.1) is 11.3 Å². The van der Waals surface area contributed by atoms with Gasteiger partial charge in [-0.15, -0.1) is 0 Å². The molecule has 0 atom stereocenters. The van der Waals surface area contributed by atoms with Gasteiger partial charge in [-0.1, -0.05) is 6.07 Å². The van der Waals surface area contributed by atoms with E-state index in [2.05, 4.69) is 45.5 Å². The standard InChI is InChI=1S/C22H25N5O/c23-17-18-4-3-5-19(16-18)24-22(28)27-14-12-26(13-15-27)21-8-6-20(7-9-21)25-10-1-2-11-25/h3-9,16H,1-2,10-15H2,(H,24,28). The summed E-state index contributed by atoms with van der Waals surface area (Å²) in [5, 5.41) is 11.9. The summed E-state index contributed by atoms with van der Waals surface area (Å²) in [5.74, 6) is 0. The van der Waals surface area contributed by atoms with Crippen molar-refractivity contribution in [3.8, 4) is 6.07 Å². The molecule has 0 unspecified atom stereocenters. The van der Waals surface area contributed by atoms with Gasteiger partial charge >= 0.3 is 6.03 Å². The van der Waals surface area contributed by atoms with E-state index < -0.39 is 0 Å². The van der Waals surface area contributed by atoms with Crippen LogP contribution in [0.1, 0.15) is 18.4 Å². The third-order valence-electron chi connectivity index (χ3n) is 5.50. The van der Waals surface area contributed by atoms with Gasteiger partial charge in [-0.05, 0) is 55.3 Å². The molecule has 0 spiro atoms. The molecule has 144 valence electrons. The van der Waals surface area contributed by atoms with Crippen LogP contribution in [-0.4, -0.2) is 50.2 Å². The van der Waals surface area contributed by atoms with Crippen molar-refractivity contribution in [2.45, 2.75) is 12.8 Å². The van der Waals surface area contributed by atoms with Gasteiger partial charge in [0.2, 0.25) is 0 Å². The smallest absolute Gasteiger partial charge is 0.321 e. The molecule has 1 N–H and O–H groups in total. The van der Waals surface area contributed by atoms with E-state index in [0.717, 1.165) is 26.2 Å². The van der Waals surface area contributed by atoms with Crippen LogP contribution in [-0.2, 0) is 0 Å². The fourth-order valence-corrected chi connectivity index (χ4v) is 3.89. The maximum atomic E-state index is 12.5. The molecule has 0 aliphatic carbocycles. The number of benzene rings is 2. The molecule has 2 fully saturated rings. The Morgan fingerprint density at radius 1 is 0.857 bits per heavy atom. The first kappa shape index (κ1) is 18.2. The first-order chi connectivity index (χ1) is 13.7. The molecule has 2 saturated heterocycles. The van der Waals surface area contributed by atoms with E-state index in [1.165, 1.54) is 24.2 Å². The van der Waals surface area contributed by atoms with Gasteiger partial charge in [0.15, 0.2) is 0 Å². The normalized spacial score (nSPS) is 16.8. The lowest BCUT2D eigenvalue weighted by Gasteiger charge is -2.36. The van der Waals surface area contributed by atoms with E-state index in [1.807, 2.05) is 4.90 Å². The predicted octanol–water partition coefficient (Wildman–Crippen LogP) is 3.51. The Hall–Kier alpha value is -3.20. The van der Waals surface area contributed by atoms with Crippen molar-refractivity contribution in [3.63, 3.8) is 0 Å². The summed E-state index contributed by atoms with van der Waals surface area (Å²) in [5.41, 5.74) is 3.72. The summed E-state index contributed by atoms with van der Waals surface area (Å²) >= 11 is 0. The largest absolute Gasteiger partial charge is 0.372 e. The molecular weight excluding hydrogens is 350 g/mol. The van der Waals surface area contributed by atoms with Gasteiger partial charge in [0.1, 0.15) is 0 Å². The minimum Gasteiger partial charge on any atom is -0.372 e. The van der Waals surface area contributed by atoms with Gasteiger partial charge in [0.25, 0.3) is 0 Å². The van der Waals surface area contributed by atoms with Crippen molar-refractivity contribution < 1.29 is 4.79 Å². The van der Waals surface area contributed by atoms with Crippen molar-refractivity contribution in [1.29, 1.82) is 5.26 Å². The van der Waals surface area contributed by atoms with Gasteiger partial charge in [-0.3, -0.25) is 0 Å². The minimum absolute atomic E-state index is 0.112. The Labute approximate surface area is 166 Å². The quantitative estimate of drug-likeness (QED) is 0.892.